The summed E-state index contributed by atoms with van der Waals surface area (Å²) in [5, 5.41) is 3.42. The first-order valence-electron chi connectivity index (χ1n) is 7.40. The van der Waals surface area contributed by atoms with Crippen LogP contribution in [0.15, 0.2) is 48.5 Å². The molecule has 0 radical (unpaired) electrons. The van der Waals surface area contributed by atoms with Crippen LogP contribution in [0.3, 0.4) is 0 Å². The van der Waals surface area contributed by atoms with Crippen LogP contribution in [0.5, 0.6) is 0 Å². The highest BCUT2D eigenvalue weighted by Gasteiger charge is 2.10. The maximum Gasteiger partial charge on any atom is 0.159 e. The second kappa shape index (κ2) is 7.89. The van der Waals surface area contributed by atoms with Crippen LogP contribution in [0, 0.1) is 11.6 Å². The molecule has 2 aromatic rings. The van der Waals surface area contributed by atoms with Crippen LogP contribution >= 0.6 is 0 Å². The van der Waals surface area contributed by atoms with E-state index in [1.165, 1.54) is 17.7 Å². The molecule has 2 rings (SSSR count). The molecule has 0 aliphatic rings. The Morgan fingerprint density at radius 1 is 0.952 bits per heavy atom. The van der Waals surface area contributed by atoms with Crippen LogP contribution in [-0.2, 0) is 12.8 Å². The van der Waals surface area contributed by atoms with Crippen molar-refractivity contribution in [3.05, 3.63) is 71.3 Å². The topological polar surface area (TPSA) is 12.0 Å². The fourth-order valence-electron chi connectivity index (χ4n) is 2.50. The minimum Gasteiger partial charge on any atom is -0.314 e. The van der Waals surface area contributed by atoms with Gasteiger partial charge in [0.05, 0.1) is 0 Å². The molecule has 1 nitrogen and oxygen atoms in total. The second-order valence-electron chi connectivity index (χ2n) is 5.23. The molecule has 0 saturated carbocycles. The first-order valence-corrected chi connectivity index (χ1v) is 7.40. The summed E-state index contributed by atoms with van der Waals surface area (Å²) < 4.78 is 26.2. The summed E-state index contributed by atoms with van der Waals surface area (Å²) >= 11 is 0. The van der Waals surface area contributed by atoms with Gasteiger partial charge in [-0.3, -0.25) is 0 Å². The van der Waals surface area contributed by atoms with Crippen LogP contribution in [0.2, 0.25) is 0 Å². The SMILES string of the molecule is CCNC(CCc1ccccc1)Cc1ccc(F)c(F)c1. The fourth-order valence-corrected chi connectivity index (χ4v) is 2.50. The molecule has 1 N–H and O–H groups in total. The highest BCUT2D eigenvalue weighted by molar-refractivity contribution is 5.19. The van der Waals surface area contributed by atoms with E-state index >= 15 is 0 Å². The second-order valence-corrected chi connectivity index (χ2v) is 5.23. The number of halogens is 2. The largest absolute Gasteiger partial charge is 0.314 e. The molecule has 0 fully saturated rings. The van der Waals surface area contributed by atoms with Crippen molar-refractivity contribution in [1.82, 2.24) is 5.32 Å². The fraction of sp³-hybridized carbons (Fsp3) is 0.333. The third-order valence-corrected chi connectivity index (χ3v) is 3.58. The smallest absolute Gasteiger partial charge is 0.159 e. The first-order chi connectivity index (χ1) is 10.2. The number of aryl methyl sites for hydroxylation is 1. The van der Waals surface area contributed by atoms with Crippen molar-refractivity contribution < 1.29 is 8.78 Å². The number of hydrogen-bond donors (Lipinski definition) is 1. The molecule has 21 heavy (non-hydrogen) atoms. The molecule has 0 amide bonds. The lowest BCUT2D eigenvalue weighted by atomic mass is 9.99. The lowest BCUT2D eigenvalue weighted by Gasteiger charge is -2.18. The zero-order chi connectivity index (χ0) is 15.1. The summed E-state index contributed by atoms with van der Waals surface area (Å²) in [4.78, 5) is 0. The van der Waals surface area contributed by atoms with Gasteiger partial charge in [-0.25, -0.2) is 8.78 Å². The van der Waals surface area contributed by atoms with Gasteiger partial charge in [0.15, 0.2) is 11.6 Å². The van der Waals surface area contributed by atoms with Gasteiger partial charge in [-0.2, -0.15) is 0 Å². The molecule has 1 atom stereocenters. The number of hydrogen-bond acceptors (Lipinski definition) is 1. The monoisotopic (exact) mass is 289 g/mol. The Labute approximate surface area is 125 Å². The molecule has 0 spiro atoms. The van der Waals surface area contributed by atoms with E-state index in [9.17, 15) is 8.78 Å². The van der Waals surface area contributed by atoms with Gasteiger partial charge in [-0.15, -0.1) is 0 Å². The lowest BCUT2D eigenvalue weighted by molar-refractivity contribution is 0.483. The van der Waals surface area contributed by atoms with E-state index in [1.807, 2.05) is 18.2 Å². The average molecular weight is 289 g/mol. The molecule has 0 aliphatic carbocycles. The van der Waals surface area contributed by atoms with Crippen molar-refractivity contribution in [2.75, 3.05) is 6.54 Å². The van der Waals surface area contributed by atoms with Gasteiger partial charge >= 0.3 is 0 Å². The third kappa shape index (κ3) is 4.94. The van der Waals surface area contributed by atoms with Crippen LogP contribution in [0.1, 0.15) is 24.5 Å². The van der Waals surface area contributed by atoms with Crippen molar-refractivity contribution in [3.8, 4) is 0 Å². The Morgan fingerprint density at radius 2 is 1.71 bits per heavy atom. The molecule has 0 heterocycles. The summed E-state index contributed by atoms with van der Waals surface area (Å²) in [6.45, 7) is 2.92. The highest BCUT2D eigenvalue weighted by atomic mass is 19.2. The first kappa shape index (κ1) is 15.6. The normalized spacial score (nSPS) is 12.3. The van der Waals surface area contributed by atoms with Gasteiger partial charge in [-0.05, 0) is 49.1 Å². The number of benzene rings is 2. The summed E-state index contributed by atoms with van der Waals surface area (Å²) in [6.07, 6.45) is 2.65. The molecular weight excluding hydrogens is 268 g/mol. The standard InChI is InChI=1S/C18H21F2N/c1-2-21-16(10-8-14-6-4-3-5-7-14)12-15-9-11-17(19)18(20)13-15/h3-7,9,11,13,16,21H,2,8,10,12H2,1H3. The molecule has 0 bridgehead atoms. The van der Waals surface area contributed by atoms with Gasteiger partial charge in [0.25, 0.3) is 0 Å². The highest BCUT2D eigenvalue weighted by Crippen LogP contribution is 2.13. The summed E-state index contributed by atoms with van der Waals surface area (Å²) in [6, 6.07) is 14.7. The summed E-state index contributed by atoms with van der Waals surface area (Å²) in [5.41, 5.74) is 2.12. The predicted molar refractivity (Wildman–Crippen MR) is 82.3 cm³/mol. The minimum absolute atomic E-state index is 0.264. The van der Waals surface area contributed by atoms with E-state index in [1.54, 1.807) is 6.07 Å². The van der Waals surface area contributed by atoms with Crippen LogP contribution < -0.4 is 5.32 Å². The van der Waals surface area contributed by atoms with Crippen LogP contribution in [-0.4, -0.2) is 12.6 Å². The Balaban J connectivity index is 1.96. The Kier molecular flexibility index (Phi) is 5.88. The van der Waals surface area contributed by atoms with Crippen molar-refractivity contribution in [3.63, 3.8) is 0 Å². The van der Waals surface area contributed by atoms with Gasteiger partial charge in [-0.1, -0.05) is 43.3 Å². The Bertz CT molecular complexity index is 554. The molecule has 2 aromatic carbocycles. The average Bonchev–Trinajstić information content (AvgIpc) is 2.50. The van der Waals surface area contributed by atoms with Gasteiger partial charge in [0.2, 0.25) is 0 Å². The maximum absolute atomic E-state index is 13.3. The number of likely N-dealkylation sites (N-methyl/N-ethyl adjacent to an activating group) is 1. The molecule has 3 heteroatoms. The van der Waals surface area contributed by atoms with Crippen molar-refractivity contribution in [2.24, 2.45) is 0 Å². The van der Waals surface area contributed by atoms with Crippen LogP contribution in [0.4, 0.5) is 8.78 Å². The van der Waals surface area contributed by atoms with E-state index in [-0.39, 0.29) is 6.04 Å². The minimum atomic E-state index is -0.789. The van der Waals surface area contributed by atoms with Crippen molar-refractivity contribution >= 4 is 0 Å². The molecule has 112 valence electrons. The Morgan fingerprint density at radius 3 is 2.38 bits per heavy atom. The molecule has 0 aromatic heterocycles. The van der Waals surface area contributed by atoms with Crippen molar-refractivity contribution in [1.29, 1.82) is 0 Å². The molecule has 0 aliphatic heterocycles. The van der Waals surface area contributed by atoms with E-state index in [0.29, 0.717) is 6.42 Å². The number of nitrogens with one attached hydrogen (secondary N) is 1. The molecule has 0 saturated heterocycles. The lowest BCUT2D eigenvalue weighted by Crippen LogP contribution is -2.31. The Hall–Kier alpha value is -1.74. The van der Waals surface area contributed by atoms with E-state index in [0.717, 1.165) is 24.9 Å². The number of rotatable bonds is 7. The zero-order valence-corrected chi connectivity index (χ0v) is 12.3. The zero-order valence-electron chi connectivity index (χ0n) is 12.3. The van der Waals surface area contributed by atoms with Gasteiger partial charge in [0, 0.05) is 6.04 Å². The predicted octanol–water partition coefficient (Wildman–Crippen LogP) is 4.12. The van der Waals surface area contributed by atoms with Gasteiger partial charge in [0.1, 0.15) is 0 Å². The third-order valence-electron chi connectivity index (χ3n) is 3.58. The van der Waals surface area contributed by atoms with Crippen LogP contribution in [0.25, 0.3) is 0 Å². The van der Waals surface area contributed by atoms with E-state index < -0.39 is 11.6 Å². The van der Waals surface area contributed by atoms with E-state index in [4.69, 9.17) is 0 Å². The molecule has 1 unspecified atom stereocenters. The molecular formula is C18H21F2N. The van der Waals surface area contributed by atoms with Crippen molar-refractivity contribution in [2.45, 2.75) is 32.2 Å². The van der Waals surface area contributed by atoms with E-state index in [2.05, 4.69) is 24.4 Å². The van der Waals surface area contributed by atoms with Gasteiger partial charge < -0.3 is 5.32 Å². The summed E-state index contributed by atoms with van der Waals surface area (Å²) in [7, 11) is 0. The summed E-state index contributed by atoms with van der Waals surface area (Å²) in [5.74, 6) is -1.56. The maximum atomic E-state index is 13.3. The quantitative estimate of drug-likeness (QED) is 0.808.